The maximum atomic E-state index is 11.8. The third-order valence-electron chi connectivity index (χ3n) is 3.41. The van der Waals surface area contributed by atoms with Crippen molar-refractivity contribution < 1.29 is 19.3 Å². The molecule has 1 aromatic rings. The molecule has 1 radical (unpaired) electrons. The van der Waals surface area contributed by atoms with Crippen LogP contribution in [0.15, 0.2) is 24.3 Å². The molecular formula is C15H22BO4. The second kappa shape index (κ2) is 6.42. The van der Waals surface area contributed by atoms with Crippen LogP contribution in [-0.2, 0) is 9.39 Å². The molecule has 0 aliphatic rings. The van der Waals surface area contributed by atoms with E-state index in [0.717, 1.165) is 0 Å². The van der Waals surface area contributed by atoms with E-state index in [1.54, 1.807) is 52.8 Å². The number of carbonyl (C=O) groups is 1. The van der Waals surface area contributed by atoms with Gasteiger partial charge in [0.15, 0.2) is 0 Å². The van der Waals surface area contributed by atoms with Gasteiger partial charge in [0, 0.05) is 0 Å². The molecule has 1 aromatic carbocycles. The van der Waals surface area contributed by atoms with Gasteiger partial charge in [-0.3, -0.25) is 0 Å². The molecular weight excluding hydrogens is 255 g/mol. The lowest BCUT2D eigenvalue weighted by atomic mass is 9.80. The molecule has 0 amide bonds. The zero-order chi connectivity index (χ0) is 15.4. The van der Waals surface area contributed by atoms with E-state index in [9.17, 15) is 9.90 Å². The van der Waals surface area contributed by atoms with E-state index in [-0.39, 0.29) is 5.97 Å². The van der Waals surface area contributed by atoms with Crippen molar-refractivity contribution in [3.8, 4) is 0 Å². The van der Waals surface area contributed by atoms with Crippen LogP contribution in [0.2, 0.25) is 0 Å². The Kier molecular flexibility index (Phi) is 5.37. The fourth-order valence-electron chi connectivity index (χ4n) is 1.35. The predicted molar refractivity (Wildman–Crippen MR) is 79.2 cm³/mol. The normalized spacial score (nSPS) is 12.1. The fraction of sp³-hybridized carbons (Fsp3) is 0.533. The third-order valence-corrected chi connectivity index (χ3v) is 3.41. The van der Waals surface area contributed by atoms with Gasteiger partial charge in [-0.1, -0.05) is 18.2 Å². The van der Waals surface area contributed by atoms with Crippen LogP contribution in [-0.4, -0.2) is 36.4 Å². The summed E-state index contributed by atoms with van der Waals surface area (Å²) < 4.78 is 10.7. The quantitative estimate of drug-likeness (QED) is 0.635. The zero-order valence-electron chi connectivity index (χ0n) is 12.8. The van der Waals surface area contributed by atoms with Crippen molar-refractivity contribution in [3.63, 3.8) is 0 Å². The average molecular weight is 277 g/mol. The number of carbonyl (C=O) groups excluding carboxylic acids is 1. The summed E-state index contributed by atoms with van der Waals surface area (Å²) in [6, 6.07) is 7.04. The second-order valence-corrected chi connectivity index (χ2v) is 5.61. The molecule has 0 saturated heterocycles. The molecule has 0 atom stereocenters. The van der Waals surface area contributed by atoms with E-state index in [4.69, 9.17) is 9.39 Å². The molecule has 20 heavy (non-hydrogen) atoms. The van der Waals surface area contributed by atoms with E-state index < -0.39 is 11.2 Å². The molecule has 0 unspecified atom stereocenters. The maximum absolute atomic E-state index is 11.8. The summed E-state index contributed by atoms with van der Waals surface area (Å²) in [5, 5.41) is 10.0. The van der Waals surface area contributed by atoms with E-state index >= 15 is 0 Å². The van der Waals surface area contributed by atoms with Gasteiger partial charge in [-0.25, -0.2) is 4.79 Å². The van der Waals surface area contributed by atoms with Crippen LogP contribution >= 0.6 is 0 Å². The van der Waals surface area contributed by atoms with Crippen molar-refractivity contribution in [1.82, 2.24) is 0 Å². The van der Waals surface area contributed by atoms with Gasteiger partial charge in [-0.15, -0.1) is 0 Å². The number of rotatable bonds is 6. The Morgan fingerprint density at radius 3 is 2.40 bits per heavy atom. The number of hydrogen-bond acceptors (Lipinski definition) is 4. The summed E-state index contributed by atoms with van der Waals surface area (Å²) in [7, 11) is 1.49. The minimum Gasteiger partial charge on any atom is -0.462 e. The van der Waals surface area contributed by atoms with Crippen molar-refractivity contribution in [2.45, 2.75) is 45.8 Å². The average Bonchev–Trinajstić information content (AvgIpc) is 2.35. The highest BCUT2D eigenvalue weighted by molar-refractivity contribution is 6.49. The Hall–Kier alpha value is -1.33. The number of aliphatic hydroxyl groups is 1. The van der Waals surface area contributed by atoms with E-state index in [2.05, 4.69) is 0 Å². The van der Waals surface area contributed by atoms with Crippen LogP contribution in [0.4, 0.5) is 0 Å². The number of hydrogen-bond donors (Lipinski definition) is 1. The molecule has 0 bridgehead atoms. The van der Waals surface area contributed by atoms with Crippen molar-refractivity contribution in [1.29, 1.82) is 0 Å². The molecule has 109 valence electrons. The molecule has 0 heterocycles. The van der Waals surface area contributed by atoms with Crippen molar-refractivity contribution in [2.75, 3.05) is 6.61 Å². The summed E-state index contributed by atoms with van der Waals surface area (Å²) >= 11 is 0. The zero-order valence-corrected chi connectivity index (χ0v) is 12.8. The van der Waals surface area contributed by atoms with Crippen molar-refractivity contribution in [3.05, 3.63) is 29.8 Å². The van der Waals surface area contributed by atoms with Crippen LogP contribution in [0.1, 0.15) is 45.0 Å². The molecule has 4 nitrogen and oxygen atoms in total. The molecule has 0 aromatic heterocycles. The van der Waals surface area contributed by atoms with Crippen molar-refractivity contribution >= 4 is 18.9 Å². The Balaban J connectivity index is 2.86. The summed E-state index contributed by atoms with van der Waals surface area (Å²) in [5.74, 6) is -0.385. The van der Waals surface area contributed by atoms with Crippen LogP contribution < -0.4 is 5.46 Å². The van der Waals surface area contributed by atoms with Gasteiger partial charge in [0.2, 0.25) is 0 Å². The van der Waals surface area contributed by atoms with Gasteiger partial charge >= 0.3 is 13.5 Å². The smallest absolute Gasteiger partial charge is 0.337 e. The van der Waals surface area contributed by atoms with Crippen LogP contribution in [0, 0.1) is 0 Å². The molecule has 0 saturated carbocycles. The summed E-state index contributed by atoms with van der Waals surface area (Å²) in [4.78, 5) is 11.8. The van der Waals surface area contributed by atoms with Gasteiger partial charge in [-0.05, 0) is 46.1 Å². The first-order valence-electron chi connectivity index (χ1n) is 6.68. The number of ether oxygens (including phenoxy) is 1. The Morgan fingerprint density at radius 2 is 1.85 bits per heavy atom. The Bertz CT molecular complexity index is 463. The fourth-order valence-corrected chi connectivity index (χ4v) is 1.35. The van der Waals surface area contributed by atoms with Gasteiger partial charge in [0.1, 0.15) is 0 Å². The highest BCUT2D eigenvalue weighted by Gasteiger charge is 2.36. The van der Waals surface area contributed by atoms with Crippen LogP contribution in [0.5, 0.6) is 0 Å². The lowest BCUT2D eigenvalue weighted by molar-refractivity contribution is -0.0893. The lowest BCUT2D eigenvalue weighted by Crippen LogP contribution is -2.49. The van der Waals surface area contributed by atoms with Crippen molar-refractivity contribution in [2.24, 2.45) is 0 Å². The van der Waals surface area contributed by atoms with Gasteiger partial charge in [0.25, 0.3) is 0 Å². The Morgan fingerprint density at radius 1 is 1.25 bits per heavy atom. The van der Waals surface area contributed by atoms with Crippen LogP contribution in [0.3, 0.4) is 0 Å². The second-order valence-electron chi connectivity index (χ2n) is 5.61. The highest BCUT2D eigenvalue weighted by atomic mass is 16.5. The molecule has 0 aliphatic carbocycles. The molecule has 0 aliphatic heterocycles. The minimum absolute atomic E-state index is 0.323. The van der Waals surface area contributed by atoms with Gasteiger partial charge in [0.05, 0.1) is 23.4 Å². The number of esters is 1. The van der Waals surface area contributed by atoms with E-state index in [1.165, 1.54) is 7.48 Å². The minimum atomic E-state index is -1.01. The van der Waals surface area contributed by atoms with Gasteiger partial charge in [-0.2, -0.15) is 0 Å². The first kappa shape index (κ1) is 16.7. The third kappa shape index (κ3) is 4.08. The SMILES string of the molecule is CCOC(=O)c1ccccc1[B]OC(C)(C)C(C)(C)O. The summed E-state index contributed by atoms with van der Waals surface area (Å²) in [6.45, 7) is 9.02. The van der Waals surface area contributed by atoms with E-state index in [0.29, 0.717) is 17.6 Å². The number of benzene rings is 1. The molecule has 1 rings (SSSR count). The largest absolute Gasteiger partial charge is 0.462 e. The monoisotopic (exact) mass is 277 g/mol. The topological polar surface area (TPSA) is 55.8 Å². The molecule has 5 heteroatoms. The Labute approximate surface area is 121 Å². The molecule has 1 N–H and O–H groups in total. The van der Waals surface area contributed by atoms with Crippen LogP contribution in [0.25, 0.3) is 0 Å². The van der Waals surface area contributed by atoms with Gasteiger partial charge < -0.3 is 14.5 Å². The van der Waals surface area contributed by atoms with E-state index in [1.807, 2.05) is 6.07 Å². The standard InChI is InChI=1S/C15H22BO4/c1-6-19-13(17)11-9-7-8-10-12(11)16-20-15(4,5)14(2,3)18/h7-10,18H,6H2,1-5H3. The lowest BCUT2D eigenvalue weighted by Gasteiger charge is -2.37. The molecule has 0 fully saturated rings. The highest BCUT2D eigenvalue weighted by Crippen LogP contribution is 2.24. The summed E-state index contributed by atoms with van der Waals surface area (Å²) in [6.07, 6.45) is 0. The maximum Gasteiger partial charge on any atom is 0.337 e. The first-order chi connectivity index (χ1) is 9.19. The summed E-state index contributed by atoms with van der Waals surface area (Å²) in [5.41, 5.74) is -0.721. The molecule has 0 spiro atoms. The first-order valence-corrected chi connectivity index (χ1v) is 6.68. The predicted octanol–water partition coefficient (Wildman–Crippen LogP) is 1.67.